The fourth-order valence-corrected chi connectivity index (χ4v) is 1.59. The van der Waals surface area contributed by atoms with Crippen LogP contribution in [0.3, 0.4) is 0 Å². The lowest BCUT2D eigenvalue weighted by Crippen LogP contribution is -2.38. The molecular weight excluding hydrogens is 246 g/mol. The number of furan rings is 1. The summed E-state index contributed by atoms with van der Waals surface area (Å²) >= 11 is 1.77. The molecular formula is C13H19N3OS. The number of terminal acetylenes is 1. The van der Waals surface area contributed by atoms with Crippen LogP contribution in [-0.4, -0.2) is 37.6 Å². The van der Waals surface area contributed by atoms with Gasteiger partial charge in [-0.2, -0.15) is 11.8 Å². The van der Waals surface area contributed by atoms with Crippen LogP contribution in [0, 0.1) is 12.3 Å². The van der Waals surface area contributed by atoms with Gasteiger partial charge in [0.1, 0.15) is 5.76 Å². The van der Waals surface area contributed by atoms with Crippen molar-refractivity contribution < 1.29 is 4.42 Å². The van der Waals surface area contributed by atoms with E-state index in [0.29, 0.717) is 6.54 Å². The van der Waals surface area contributed by atoms with Gasteiger partial charge in [0.05, 0.1) is 19.4 Å². The van der Waals surface area contributed by atoms with E-state index >= 15 is 0 Å². The topological polar surface area (TPSA) is 49.6 Å². The Morgan fingerprint density at radius 1 is 1.56 bits per heavy atom. The van der Waals surface area contributed by atoms with Crippen LogP contribution in [0.25, 0.3) is 0 Å². The number of rotatable bonds is 7. The number of hydrogen-bond donors (Lipinski definition) is 2. The monoisotopic (exact) mass is 265 g/mol. The molecule has 0 spiro atoms. The fraction of sp³-hybridized carbons (Fsp3) is 0.462. The van der Waals surface area contributed by atoms with Gasteiger partial charge in [0.2, 0.25) is 0 Å². The maximum atomic E-state index is 5.26. The van der Waals surface area contributed by atoms with Crippen LogP contribution in [0.1, 0.15) is 5.76 Å². The zero-order valence-corrected chi connectivity index (χ0v) is 11.4. The molecule has 0 atom stereocenters. The predicted molar refractivity (Wildman–Crippen MR) is 77.9 cm³/mol. The third-order valence-corrected chi connectivity index (χ3v) is 2.76. The van der Waals surface area contributed by atoms with E-state index in [2.05, 4.69) is 27.8 Å². The van der Waals surface area contributed by atoms with Crippen LogP contribution < -0.4 is 10.6 Å². The van der Waals surface area contributed by atoms with E-state index in [4.69, 9.17) is 10.8 Å². The molecule has 0 radical (unpaired) electrons. The van der Waals surface area contributed by atoms with Crippen molar-refractivity contribution >= 4 is 17.7 Å². The summed E-state index contributed by atoms with van der Waals surface area (Å²) in [5.41, 5.74) is 0. The van der Waals surface area contributed by atoms with Crippen molar-refractivity contribution in [2.45, 2.75) is 6.42 Å². The summed E-state index contributed by atoms with van der Waals surface area (Å²) < 4.78 is 5.26. The van der Waals surface area contributed by atoms with Gasteiger partial charge >= 0.3 is 0 Å². The van der Waals surface area contributed by atoms with Crippen molar-refractivity contribution in [1.29, 1.82) is 0 Å². The molecule has 0 unspecified atom stereocenters. The second-order valence-corrected chi connectivity index (χ2v) is 4.52. The largest absolute Gasteiger partial charge is 0.469 e. The number of nitrogens with one attached hydrogen (secondary N) is 2. The Morgan fingerprint density at radius 2 is 2.44 bits per heavy atom. The first-order chi connectivity index (χ1) is 8.86. The normalized spacial score (nSPS) is 11.0. The van der Waals surface area contributed by atoms with Gasteiger partial charge in [-0.3, -0.25) is 4.99 Å². The van der Waals surface area contributed by atoms with Gasteiger partial charge in [0.15, 0.2) is 5.96 Å². The number of hydrogen-bond acceptors (Lipinski definition) is 3. The van der Waals surface area contributed by atoms with Crippen LogP contribution in [-0.2, 0) is 6.42 Å². The van der Waals surface area contributed by atoms with Crippen LogP contribution in [0.4, 0.5) is 0 Å². The maximum Gasteiger partial charge on any atom is 0.192 e. The van der Waals surface area contributed by atoms with E-state index in [-0.39, 0.29) is 0 Å². The highest BCUT2D eigenvalue weighted by Crippen LogP contribution is 1.99. The van der Waals surface area contributed by atoms with Crippen molar-refractivity contribution in [2.24, 2.45) is 4.99 Å². The lowest BCUT2D eigenvalue weighted by atomic mass is 10.3. The first kappa shape index (κ1) is 14.5. The van der Waals surface area contributed by atoms with Crippen LogP contribution in [0.2, 0.25) is 0 Å². The van der Waals surface area contributed by atoms with Gasteiger partial charge in [0, 0.05) is 18.7 Å². The van der Waals surface area contributed by atoms with Gasteiger partial charge < -0.3 is 15.1 Å². The molecule has 1 rings (SSSR count). The third kappa shape index (κ3) is 6.26. The summed E-state index contributed by atoms with van der Waals surface area (Å²) in [7, 11) is 0. The van der Waals surface area contributed by atoms with Crippen LogP contribution in [0.5, 0.6) is 0 Å². The summed E-state index contributed by atoms with van der Waals surface area (Å²) in [6, 6.07) is 3.85. The zero-order valence-electron chi connectivity index (χ0n) is 10.6. The minimum atomic E-state index is 0.478. The number of guanidine groups is 1. The zero-order chi connectivity index (χ0) is 13.1. The van der Waals surface area contributed by atoms with Crippen LogP contribution >= 0.6 is 11.8 Å². The molecule has 98 valence electrons. The number of thioether (sulfide) groups is 1. The lowest BCUT2D eigenvalue weighted by Gasteiger charge is -2.10. The summed E-state index contributed by atoms with van der Waals surface area (Å²) in [5, 5.41) is 6.30. The first-order valence-corrected chi connectivity index (χ1v) is 7.23. The standard InChI is InChI=1S/C13H19N3OS/c1-3-7-14-13(16-9-11-18-2)15-8-6-12-5-4-10-17-12/h1,4-5,10H,6-9,11H2,2H3,(H2,14,15,16). The van der Waals surface area contributed by atoms with Crippen molar-refractivity contribution in [3.8, 4) is 12.3 Å². The number of aliphatic imine (C=N–C) groups is 1. The lowest BCUT2D eigenvalue weighted by molar-refractivity contribution is 0.507. The van der Waals surface area contributed by atoms with Gasteiger partial charge in [0.25, 0.3) is 0 Å². The van der Waals surface area contributed by atoms with Crippen molar-refractivity contribution in [3.05, 3.63) is 24.2 Å². The molecule has 0 saturated carbocycles. The van der Waals surface area contributed by atoms with Crippen molar-refractivity contribution in [3.63, 3.8) is 0 Å². The SMILES string of the molecule is C#CCNC(=NCCSC)NCCc1ccco1. The molecule has 0 amide bonds. The van der Waals surface area contributed by atoms with Crippen molar-refractivity contribution in [2.75, 3.05) is 31.6 Å². The molecule has 0 aliphatic carbocycles. The molecule has 2 N–H and O–H groups in total. The fourth-order valence-electron chi connectivity index (χ4n) is 1.32. The molecule has 0 fully saturated rings. The van der Waals surface area contributed by atoms with E-state index in [0.717, 1.165) is 37.0 Å². The summed E-state index contributed by atoms with van der Waals surface area (Å²) in [5.74, 6) is 5.26. The Hall–Kier alpha value is -1.54. The summed E-state index contributed by atoms with van der Waals surface area (Å²) in [6.45, 7) is 2.02. The second kappa shape index (κ2) is 9.49. The highest BCUT2D eigenvalue weighted by atomic mass is 32.2. The van der Waals surface area contributed by atoms with Crippen molar-refractivity contribution in [1.82, 2.24) is 10.6 Å². The van der Waals surface area contributed by atoms with E-state index in [1.54, 1.807) is 18.0 Å². The molecule has 1 aromatic heterocycles. The molecule has 1 aromatic rings. The molecule has 0 aliphatic heterocycles. The molecule has 0 aliphatic rings. The van der Waals surface area contributed by atoms with E-state index in [9.17, 15) is 0 Å². The third-order valence-electron chi connectivity index (χ3n) is 2.17. The minimum Gasteiger partial charge on any atom is -0.469 e. The molecule has 1 heterocycles. The Balaban J connectivity index is 2.30. The minimum absolute atomic E-state index is 0.478. The van der Waals surface area contributed by atoms with Gasteiger partial charge in [-0.15, -0.1) is 6.42 Å². The highest BCUT2D eigenvalue weighted by Gasteiger charge is 1.99. The Morgan fingerprint density at radius 3 is 3.11 bits per heavy atom. The molecule has 0 bridgehead atoms. The van der Waals surface area contributed by atoms with Gasteiger partial charge in [-0.25, -0.2) is 0 Å². The number of nitrogens with zero attached hydrogens (tertiary/aromatic N) is 1. The van der Waals surface area contributed by atoms with Gasteiger partial charge in [-0.05, 0) is 18.4 Å². The second-order valence-electron chi connectivity index (χ2n) is 3.54. The quantitative estimate of drug-likeness (QED) is 0.338. The average molecular weight is 265 g/mol. The molecule has 4 nitrogen and oxygen atoms in total. The molecule has 0 saturated heterocycles. The maximum absolute atomic E-state index is 5.26. The Labute approximate surface area is 113 Å². The molecule has 5 heteroatoms. The first-order valence-electron chi connectivity index (χ1n) is 5.83. The smallest absolute Gasteiger partial charge is 0.192 e. The average Bonchev–Trinajstić information content (AvgIpc) is 2.88. The summed E-state index contributed by atoms with van der Waals surface area (Å²) in [4.78, 5) is 4.42. The van der Waals surface area contributed by atoms with E-state index in [1.807, 2.05) is 12.1 Å². The molecule has 0 aromatic carbocycles. The van der Waals surface area contributed by atoms with E-state index < -0.39 is 0 Å². The van der Waals surface area contributed by atoms with Crippen LogP contribution in [0.15, 0.2) is 27.8 Å². The molecule has 18 heavy (non-hydrogen) atoms. The highest BCUT2D eigenvalue weighted by molar-refractivity contribution is 7.98. The van der Waals surface area contributed by atoms with Gasteiger partial charge in [-0.1, -0.05) is 5.92 Å². The predicted octanol–water partition coefficient (Wildman–Crippen LogP) is 1.35. The Bertz CT molecular complexity index is 381. The van der Waals surface area contributed by atoms with E-state index in [1.165, 1.54) is 0 Å². The Kier molecular flexibility index (Phi) is 7.65. The summed E-state index contributed by atoms with van der Waals surface area (Å²) in [6.07, 6.45) is 9.79.